The molecule has 1 unspecified atom stereocenters. The number of nitrogens with one attached hydrogen (secondary N) is 2. The van der Waals surface area contributed by atoms with Crippen molar-refractivity contribution in [3.63, 3.8) is 0 Å². The molecule has 5 N–H and O–H groups in total. The molecule has 100 valence electrons. The highest BCUT2D eigenvalue weighted by atomic mass is 16.3. The fraction of sp³-hybridized carbons (Fsp3) is 0.385. The van der Waals surface area contributed by atoms with Crippen molar-refractivity contribution in [3.05, 3.63) is 23.9 Å². The summed E-state index contributed by atoms with van der Waals surface area (Å²) < 4.78 is 0. The van der Waals surface area contributed by atoms with Gasteiger partial charge >= 0.3 is 0 Å². The number of nitrogens with two attached hydrogens (primary N) is 1. The van der Waals surface area contributed by atoms with E-state index in [2.05, 4.69) is 15.5 Å². The van der Waals surface area contributed by atoms with Gasteiger partial charge in [0.15, 0.2) is 5.69 Å². The Hall–Kier alpha value is -2.08. The minimum atomic E-state index is -0.459. The third-order valence-electron chi connectivity index (χ3n) is 3.44. The summed E-state index contributed by atoms with van der Waals surface area (Å²) in [6.45, 7) is 0.264. The van der Waals surface area contributed by atoms with Gasteiger partial charge in [-0.1, -0.05) is 0 Å². The van der Waals surface area contributed by atoms with Crippen molar-refractivity contribution in [2.45, 2.75) is 18.9 Å². The minimum absolute atomic E-state index is 0.264. The smallest absolute Gasteiger partial charge is 0.272 e. The van der Waals surface area contributed by atoms with Crippen molar-refractivity contribution in [3.8, 4) is 0 Å². The van der Waals surface area contributed by atoms with Gasteiger partial charge in [-0.2, -0.15) is 5.10 Å². The number of amides is 1. The summed E-state index contributed by atoms with van der Waals surface area (Å²) in [6, 6.07) is 5.25. The number of H-pyrrole nitrogens is 1. The van der Waals surface area contributed by atoms with Crippen LogP contribution in [0.3, 0.4) is 0 Å². The average Bonchev–Trinajstić information content (AvgIpc) is 3.16. The molecule has 1 aliphatic rings. The van der Waals surface area contributed by atoms with Crippen LogP contribution in [-0.4, -0.2) is 33.9 Å². The number of hydrogen-bond acceptors (Lipinski definition) is 4. The lowest BCUT2D eigenvalue weighted by Crippen LogP contribution is -2.33. The number of nitrogens with zero attached hydrogens (tertiary/aromatic N) is 1. The maximum absolute atomic E-state index is 12.0. The highest BCUT2D eigenvalue weighted by Crippen LogP contribution is 2.32. The van der Waals surface area contributed by atoms with Gasteiger partial charge in [0.2, 0.25) is 0 Å². The van der Waals surface area contributed by atoms with Gasteiger partial charge in [-0.15, -0.1) is 0 Å². The first-order valence-corrected chi connectivity index (χ1v) is 6.35. The van der Waals surface area contributed by atoms with Crippen LogP contribution in [0.15, 0.2) is 18.2 Å². The second-order valence-electron chi connectivity index (χ2n) is 4.99. The normalized spacial score (nSPS) is 16.5. The van der Waals surface area contributed by atoms with E-state index in [-0.39, 0.29) is 12.5 Å². The summed E-state index contributed by atoms with van der Waals surface area (Å²) in [4.78, 5) is 12.0. The quantitative estimate of drug-likeness (QED) is 0.606. The topological polar surface area (TPSA) is 104 Å². The Labute approximate surface area is 110 Å². The van der Waals surface area contributed by atoms with Crippen LogP contribution in [0.1, 0.15) is 23.3 Å². The van der Waals surface area contributed by atoms with E-state index in [0.29, 0.717) is 22.7 Å². The number of aromatic amines is 1. The average molecular weight is 260 g/mol. The Morgan fingerprint density at radius 3 is 3.11 bits per heavy atom. The van der Waals surface area contributed by atoms with Gasteiger partial charge in [-0.3, -0.25) is 9.89 Å². The summed E-state index contributed by atoms with van der Waals surface area (Å²) in [6.07, 6.45) is 1.62. The molecule has 1 amide bonds. The molecule has 1 heterocycles. The summed E-state index contributed by atoms with van der Waals surface area (Å²) >= 11 is 0. The van der Waals surface area contributed by atoms with Crippen LogP contribution in [0.4, 0.5) is 5.69 Å². The van der Waals surface area contributed by atoms with Crippen LogP contribution >= 0.6 is 0 Å². The molecule has 0 spiro atoms. The molecular formula is C13H16N4O2. The number of carbonyl (C=O) groups excluding carboxylic acids is 1. The molecule has 0 saturated heterocycles. The van der Waals surface area contributed by atoms with Crippen molar-refractivity contribution in [2.75, 3.05) is 12.3 Å². The molecule has 1 aromatic heterocycles. The van der Waals surface area contributed by atoms with Crippen LogP contribution in [0, 0.1) is 5.92 Å². The van der Waals surface area contributed by atoms with E-state index in [1.807, 2.05) is 0 Å². The number of nitrogen functional groups attached to an aromatic ring is 1. The fourth-order valence-electron chi connectivity index (χ4n) is 2.13. The summed E-state index contributed by atoms with van der Waals surface area (Å²) in [5, 5.41) is 19.9. The molecule has 1 fully saturated rings. The SMILES string of the molecule is Nc1ccc2[nH]nc(C(=O)NCC(O)C3CC3)c2c1. The summed E-state index contributed by atoms with van der Waals surface area (Å²) in [5.74, 6) is 0.0448. The molecular weight excluding hydrogens is 244 g/mol. The van der Waals surface area contributed by atoms with E-state index < -0.39 is 6.10 Å². The molecule has 1 aliphatic carbocycles. The van der Waals surface area contributed by atoms with Crippen LogP contribution in [0.5, 0.6) is 0 Å². The molecule has 0 radical (unpaired) electrons. The highest BCUT2D eigenvalue weighted by Gasteiger charge is 2.30. The first-order chi connectivity index (χ1) is 9.15. The molecule has 3 rings (SSSR count). The van der Waals surface area contributed by atoms with Crippen molar-refractivity contribution in [1.82, 2.24) is 15.5 Å². The molecule has 2 aromatic rings. The number of aliphatic hydroxyl groups excluding tert-OH is 1. The molecule has 1 atom stereocenters. The van der Waals surface area contributed by atoms with Crippen LogP contribution in [0.2, 0.25) is 0 Å². The number of anilines is 1. The van der Waals surface area contributed by atoms with Crippen molar-refractivity contribution in [1.29, 1.82) is 0 Å². The number of hydrogen-bond donors (Lipinski definition) is 4. The Bertz CT molecular complexity index is 618. The number of benzene rings is 1. The van der Waals surface area contributed by atoms with E-state index in [0.717, 1.165) is 18.4 Å². The predicted molar refractivity (Wildman–Crippen MR) is 71.6 cm³/mol. The zero-order valence-electron chi connectivity index (χ0n) is 10.4. The van der Waals surface area contributed by atoms with E-state index in [1.54, 1.807) is 18.2 Å². The number of rotatable bonds is 4. The van der Waals surface area contributed by atoms with Gasteiger partial charge in [0.05, 0.1) is 11.6 Å². The Morgan fingerprint density at radius 2 is 2.37 bits per heavy atom. The predicted octanol–water partition coefficient (Wildman–Crippen LogP) is 0.646. The molecule has 1 aromatic carbocycles. The number of carbonyl (C=O) groups is 1. The van der Waals surface area contributed by atoms with Crippen LogP contribution in [-0.2, 0) is 0 Å². The Morgan fingerprint density at radius 1 is 1.58 bits per heavy atom. The monoisotopic (exact) mass is 260 g/mol. The van der Waals surface area contributed by atoms with Gasteiger partial charge in [0.1, 0.15) is 0 Å². The summed E-state index contributed by atoms with van der Waals surface area (Å²) in [7, 11) is 0. The van der Waals surface area contributed by atoms with Crippen molar-refractivity contribution in [2.24, 2.45) is 5.92 Å². The van der Waals surface area contributed by atoms with Gasteiger partial charge in [-0.25, -0.2) is 0 Å². The summed E-state index contributed by atoms with van der Waals surface area (Å²) in [5.41, 5.74) is 7.37. The van der Waals surface area contributed by atoms with E-state index in [4.69, 9.17) is 5.73 Å². The third-order valence-corrected chi connectivity index (χ3v) is 3.44. The number of fused-ring (bicyclic) bond motifs is 1. The van der Waals surface area contributed by atoms with Gasteiger partial charge in [0, 0.05) is 17.6 Å². The van der Waals surface area contributed by atoms with E-state index in [1.165, 1.54) is 0 Å². The van der Waals surface area contributed by atoms with Crippen LogP contribution in [0.25, 0.3) is 10.9 Å². The third kappa shape index (κ3) is 2.39. The highest BCUT2D eigenvalue weighted by molar-refractivity contribution is 6.05. The van der Waals surface area contributed by atoms with Gasteiger partial charge < -0.3 is 16.2 Å². The molecule has 0 bridgehead atoms. The van der Waals surface area contributed by atoms with Crippen LogP contribution < -0.4 is 11.1 Å². The maximum Gasteiger partial charge on any atom is 0.272 e. The van der Waals surface area contributed by atoms with Crippen molar-refractivity contribution >= 4 is 22.5 Å². The second-order valence-corrected chi connectivity index (χ2v) is 4.99. The first-order valence-electron chi connectivity index (χ1n) is 6.35. The van der Waals surface area contributed by atoms with Gasteiger partial charge in [0.25, 0.3) is 5.91 Å². The first kappa shape index (κ1) is 12.0. The van der Waals surface area contributed by atoms with E-state index >= 15 is 0 Å². The number of aromatic nitrogens is 2. The molecule has 6 nitrogen and oxygen atoms in total. The van der Waals surface area contributed by atoms with Gasteiger partial charge in [-0.05, 0) is 37.0 Å². The molecule has 19 heavy (non-hydrogen) atoms. The lowest BCUT2D eigenvalue weighted by molar-refractivity contribution is 0.0898. The lowest BCUT2D eigenvalue weighted by Gasteiger charge is -2.09. The molecule has 6 heteroatoms. The standard InChI is InChI=1S/C13H16N4O2/c14-8-3-4-10-9(5-8)12(17-16-10)13(19)15-6-11(18)7-1-2-7/h3-5,7,11,18H,1-2,6,14H2,(H,15,19)(H,16,17). The van der Waals surface area contributed by atoms with E-state index in [9.17, 15) is 9.90 Å². The Balaban J connectivity index is 1.75. The zero-order valence-corrected chi connectivity index (χ0v) is 10.4. The van der Waals surface area contributed by atoms with Crippen molar-refractivity contribution < 1.29 is 9.90 Å². The minimum Gasteiger partial charge on any atom is -0.399 e. The largest absolute Gasteiger partial charge is 0.399 e. The molecule has 1 saturated carbocycles. The fourth-order valence-corrected chi connectivity index (χ4v) is 2.13. The zero-order chi connectivity index (χ0) is 13.4. The second kappa shape index (κ2) is 4.55. The number of aliphatic hydroxyl groups is 1. The Kier molecular flexibility index (Phi) is 2.87. The lowest BCUT2D eigenvalue weighted by atomic mass is 10.1. The maximum atomic E-state index is 12.0. The molecule has 0 aliphatic heterocycles.